The van der Waals surface area contributed by atoms with Crippen molar-refractivity contribution in [3.05, 3.63) is 21.6 Å². The largest absolute Gasteiger partial charge is 0.350 e. The van der Waals surface area contributed by atoms with Crippen LogP contribution in [0.3, 0.4) is 0 Å². The van der Waals surface area contributed by atoms with E-state index >= 15 is 0 Å². The molecule has 7 nitrogen and oxygen atoms in total. The van der Waals surface area contributed by atoms with E-state index in [0.717, 1.165) is 37.2 Å². The zero-order chi connectivity index (χ0) is 19.6. The molecule has 1 saturated carbocycles. The molecule has 0 radical (unpaired) electrons. The molecule has 0 bridgehead atoms. The maximum atomic E-state index is 12.7. The van der Waals surface area contributed by atoms with E-state index in [9.17, 15) is 9.59 Å². The van der Waals surface area contributed by atoms with Gasteiger partial charge in [0.25, 0.3) is 5.56 Å². The lowest BCUT2D eigenvalue weighted by Gasteiger charge is -2.33. The van der Waals surface area contributed by atoms with Gasteiger partial charge in [-0.15, -0.1) is 0 Å². The summed E-state index contributed by atoms with van der Waals surface area (Å²) in [6.45, 7) is 9.67. The first-order valence-corrected chi connectivity index (χ1v) is 10.0. The molecule has 1 aliphatic carbocycles. The van der Waals surface area contributed by atoms with Crippen molar-refractivity contribution in [3.63, 3.8) is 0 Å². The summed E-state index contributed by atoms with van der Waals surface area (Å²) in [5, 5.41) is 7.56. The molecule has 1 N–H and O–H groups in total. The maximum absolute atomic E-state index is 12.7. The predicted molar refractivity (Wildman–Crippen MR) is 107 cm³/mol. The van der Waals surface area contributed by atoms with Gasteiger partial charge in [-0.25, -0.2) is 4.68 Å². The molecule has 148 valence electrons. The standard InChI is InChI=1S/C20H31N5O2/c1-5-21-19-14(4)18(13(2)3)23-25(20(19)27)12-17(26)22-15-7-6-10-24(11-15)16-8-9-16/h5,13,15-16H,6-12H2,1-4H3,(H,22,26)/b21-5-. The van der Waals surface area contributed by atoms with Crippen LogP contribution in [0.1, 0.15) is 63.6 Å². The van der Waals surface area contributed by atoms with E-state index in [1.807, 2.05) is 20.8 Å². The minimum atomic E-state index is -0.312. The van der Waals surface area contributed by atoms with Crippen molar-refractivity contribution in [3.8, 4) is 0 Å². The van der Waals surface area contributed by atoms with Crippen molar-refractivity contribution in [1.29, 1.82) is 0 Å². The Kier molecular flexibility index (Phi) is 6.09. The molecule has 3 rings (SSSR count). The van der Waals surface area contributed by atoms with E-state index in [-0.39, 0.29) is 30.0 Å². The number of piperidine rings is 1. The Bertz CT molecular complexity index is 779. The highest BCUT2D eigenvalue weighted by atomic mass is 16.2. The van der Waals surface area contributed by atoms with E-state index in [1.165, 1.54) is 17.5 Å². The van der Waals surface area contributed by atoms with Crippen molar-refractivity contribution >= 4 is 17.8 Å². The Morgan fingerprint density at radius 3 is 2.74 bits per heavy atom. The first-order chi connectivity index (χ1) is 12.9. The number of amides is 1. The SMILES string of the molecule is C/C=N\c1c(C)c(C(C)C)nn(CC(=O)NC2CCCN(C3CC3)C2)c1=O. The van der Waals surface area contributed by atoms with Gasteiger partial charge in [0.05, 0.1) is 5.69 Å². The number of carbonyl (C=O) groups is 1. The third kappa shape index (κ3) is 4.64. The van der Waals surface area contributed by atoms with Crippen LogP contribution in [0, 0.1) is 6.92 Å². The van der Waals surface area contributed by atoms with Gasteiger partial charge in [-0.1, -0.05) is 13.8 Å². The second-order valence-electron chi connectivity index (χ2n) is 8.00. The minimum absolute atomic E-state index is 0.0645. The van der Waals surface area contributed by atoms with Crippen LogP contribution in [-0.2, 0) is 11.3 Å². The number of aliphatic imine (C=N–C) groups is 1. The molecule has 1 aromatic rings. The highest BCUT2D eigenvalue weighted by Crippen LogP contribution is 2.29. The Morgan fingerprint density at radius 2 is 2.11 bits per heavy atom. The Balaban J connectivity index is 1.74. The number of carbonyl (C=O) groups excluding carboxylic acids is 1. The fourth-order valence-corrected chi connectivity index (χ4v) is 3.90. The van der Waals surface area contributed by atoms with Gasteiger partial charge in [0.15, 0.2) is 0 Å². The van der Waals surface area contributed by atoms with Crippen LogP contribution in [0.2, 0.25) is 0 Å². The third-order valence-electron chi connectivity index (χ3n) is 5.38. The van der Waals surface area contributed by atoms with Gasteiger partial charge >= 0.3 is 0 Å². The number of hydrogen-bond donors (Lipinski definition) is 1. The second kappa shape index (κ2) is 8.33. The summed E-state index contributed by atoms with van der Waals surface area (Å²) < 4.78 is 1.27. The Labute approximate surface area is 160 Å². The summed E-state index contributed by atoms with van der Waals surface area (Å²) in [6.07, 6.45) is 6.27. The lowest BCUT2D eigenvalue weighted by Crippen LogP contribution is -2.49. The first-order valence-electron chi connectivity index (χ1n) is 10.0. The van der Waals surface area contributed by atoms with Gasteiger partial charge < -0.3 is 5.32 Å². The van der Waals surface area contributed by atoms with E-state index in [2.05, 4.69) is 20.3 Å². The molecule has 1 aromatic heterocycles. The molecule has 0 aromatic carbocycles. The molecule has 1 saturated heterocycles. The van der Waals surface area contributed by atoms with Crippen molar-refractivity contribution in [2.45, 2.75) is 77.9 Å². The number of nitrogens with zero attached hydrogens (tertiary/aromatic N) is 4. The lowest BCUT2D eigenvalue weighted by atomic mass is 10.0. The van der Waals surface area contributed by atoms with E-state index in [0.29, 0.717) is 11.7 Å². The maximum Gasteiger partial charge on any atom is 0.293 e. The van der Waals surface area contributed by atoms with Gasteiger partial charge in [0.1, 0.15) is 12.2 Å². The molecular weight excluding hydrogens is 342 g/mol. The lowest BCUT2D eigenvalue weighted by molar-refractivity contribution is -0.123. The fourth-order valence-electron chi connectivity index (χ4n) is 3.90. The fraction of sp³-hybridized carbons (Fsp3) is 0.700. The zero-order valence-corrected chi connectivity index (χ0v) is 16.9. The highest BCUT2D eigenvalue weighted by molar-refractivity contribution is 5.76. The smallest absolute Gasteiger partial charge is 0.293 e. The number of rotatable bonds is 6. The molecule has 1 unspecified atom stereocenters. The summed E-state index contributed by atoms with van der Waals surface area (Å²) >= 11 is 0. The topological polar surface area (TPSA) is 79.6 Å². The summed E-state index contributed by atoms with van der Waals surface area (Å²) in [6, 6.07) is 0.875. The Hall–Kier alpha value is -2.02. The quantitative estimate of drug-likeness (QED) is 0.775. The molecule has 1 aliphatic heterocycles. The second-order valence-corrected chi connectivity index (χ2v) is 8.00. The monoisotopic (exact) mass is 373 g/mol. The number of nitrogens with one attached hydrogen (secondary N) is 1. The van der Waals surface area contributed by atoms with Crippen molar-refractivity contribution < 1.29 is 4.79 Å². The average molecular weight is 374 g/mol. The Morgan fingerprint density at radius 1 is 1.37 bits per heavy atom. The third-order valence-corrected chi connectivity index (χ3v) is 5.38. The molecule has 1 amide bonds. The van der Waals surface area contributed by atoms with E-state index < -0.39 is 0 Å². The van der Waals surface area contributed by atoms with Crippen LogP contribution in [0.5, 0.6) is 0 Å². The van der Waals surface area contributed by atoms with Crippen LogP contribution in [-0.4, -0.2) is 52.0 Å². The first kappa shape index (κ1) is 19.7. The highest BCUT2D eigenvalue weighted by Gasteiger charge is 2.33. The molecule has 1 atom stereocenters. The van der Waals surface area contributed by atoms with Crippen LogP contribution in [0.4, 0.5) is 5.69 Å². The van der Waals surface area contributed by atoms with Crippen LogP contribution in [0.25, 0.3) is 0 Å². The van der Waals surface area contributed by atoms with E-state index in [1.54, 1.807) is 13.1 Å². The number of hydrogen-bond acceptors (Lipinski definition) is 5. The summed E-state index contributed by atoms with van der Waals surface area (Å²) in [5.74, 6) is -0.00611. The molecule has 2 fully saturated rings. The van der Waals surface area contributed by atoms with Crippen LogP contribution < -0.4 is 10.9 Å². The van der Waals surface area contributed by atoms with Gasteiger partial charge in [-0.2, -0.15) is 5.10 Å². The minimum Gasteiger partial charge on any atom is -0.350 e. The van der Waals surface area contributed by atoms with Crippen molar-refractivity contribution in [2.75, 3.05) is 13.1 Å². The molecular formula is C20H31N5O2. The molecule has 2 aliphatic rings. The molecule has 0 spiro atoms. The predicted octanol–water partition coefficient (Wildman–Crippen LogP) is 2.14. The summed E-state index contributed by atoms with van der Waals surface area (Å²) in [4.78, 5) is 32.0. The summed E-state index contributed by atoms with van der Waals surface area (Å²) in [5.41, 5.74) is 1.66. The van der Waals surface area contributed by atoms with Gasteiger partial charge in [0.2, 0.25) is 5.91 Å². The van der Waals surface area contributed by atoms with Crippen LogP contribution in [0.15, 0.2) is 9.79 Å². The molecule has 27 heavy (non-hydrogen) atoms. The van der Waals surface area contributed by atoms with Gasteiger partial charge in [0, 0.05) is 30.4 Å². The van der Waals surface area contributed by atoms with Crippen LogP contribution >= 0.6 is 0 Å². The number of aromatic nitrogens is 2. The van der Waals surface area contributed by atoms with Crippen molar-refractivity contribution in [1.82, 2.24) is 20.0 Å². The van der Waals surface area contributed by atoms with E-state index in [4.69, 9.17) is 0 Å². The average Bonchev–Trinajstić information content (AvgIpc) is 3.46. The molecule has 7 heteroatoms. The number of likely N-dealkylation sites (tertiary alicyclic amines) is 1. The van der Waals surface area contributed by atoms with Gasteiger partial charge in [-0.05, 0) is 52.0 Å². The normalized spacial score (nSPS) is 21.1. The molecule has 2 heterocycles. The van der Waals surface area contributed by atoms with Gasteiger partial charge in [-0.3, -0.25) is 19.5 Å². The van der Waals surface area contributed by atoms with Crippen molar-refractivity contribution in [2.24, 2.45) is 4.99 Å². The zero-order valence-electron chi connectivity index (χ0n) is 16.9. The summed E-state index contributed by atoms with van der Waals surface area (Å²) in [7, 11) is 0.